The van der Waals surface area contributed by atoms with E-state index in [0.29, 0.717) is 0 Å². The van der Waals surface area contributed by atoms with Crippen LogP contribution < -0.4 is 10.2 Å². The SMILES string of the molecule is c1ccc2c(N(CC3CCNCC3)C3CC3)snc2c1. The first kappa shape index (κ1) is 12.6. The molecule has 1 N–H and O–H groups in total. The Hall–Kier alpha value is -1.13. The van der Waals surface area contributed by atoms with E-state index in [1.54, 1.807) is 11.5 Å². The molecule has 0 bridgehead atoms. The zero-order valence-corrected chi connectivity index (χ0v) is 12.5. The number of benzene rings is 1. The largest absolute Gasteiger partial charge is 0.358 e. The predicted octanol–water partition coefficient (Wildman–Crippen LogP) is 3.26. The zero-order valence-electron chi connectivity index (χ0n) is 11.7. The Morgan fingerprint density at radius 2 is 1.95 bits per heavy atom. The molecule has 3 nitrogen and oxygen atoms in total. The van der Waals surface area contributed by atoms with Crippen LogP contribution in [0.2, 0.25) is 0 Å². The summed E-state index contributed by atoms with van der Waals surface area (Å²) in [4.78, 5) is 2.66. The number of fused-ring (bicyclic) bond motifs is 1. The van der Waals surface area contributed by atoms with Gasteiger partial charge in [0.25, 0.3) is 0 Å². The van der Waals surface area contributed by atoms with Crippen LogP contribution in [-0.2, 0) is 0 Å². The molecule has 2 heterocycles. The first-order valence-electron chi connectivity index (χ1n) is 7.73. The molecular weight excluding hydrogens is 266 g/mol. The Kier molecular flexibility index (Phi) is 3.36. The van der Waals surface area contributed by atoms with Crippen LogP contribution in [0.15, 0.2) is 24.3 Å². The first-order chi connectivity index (χ1) is 9.92. The minimum Gasteiger partial charge on any atom is -0.358 e. The zero-order chi connectivity index (χ0) is 13.4. The van der Waals surface area contributed by atoms with Gasteiger partial charge in [-0.3, -0.25) is 0 Å². The quantitative estimate of drug-likeness (QED) is 0.935. The molecule has 1 aliphatic heterocycles. The van der Waals surface area contributed by atoms with Gasteiger partial charge in [-0.05, 0) is 68.4 Å². The summed E-state index contributed by atoms with van der Waals surface area (Å²) in [6, 6.07) is 9.35. The van der Waals surface area contributed by atoms with E-state index in [0.717, 1.165) is 17.5 Å². The predicted molar refractivity (Wildman–Crippen MR) is 85.6 cm³/mol. The Morgan fingerprint density at radius 3 is 2.75 bits per heavy atom. The third-order valence-electron chi connectivity index (χ3n) is 4.53. The van der Waals surface area contributed by atoms with Crippen LogP contribution in [0.5, 0.6) is 0 Å². The molecule has 4 rings (SSSR count). The summed E-state index contributed by atoms with van der Waals surface area (Å²) in [6.07, 6.45) is 5.36. The molecule has 1 aliphatic carbocycles. The third-order valence-corrected chi connectivity index (χ3v) is 5.44. The maximum atomic E-state index is 4.63. The summed E-state index contributed by atoms with van der Waals surface area (Å²) in [7, 11) is 0. The van der Waals surface area contributed by atoms with Gasteiger partial charge in [-0.15, -0.1) is 0 Å². The van der Waals surface area contributed by atoms with Gasteiger partial charge in [0, 0.05) is 18.0 Å². The fourth-order valence-corrected chi connectivity index (χ4v) is 4.15. The summed E-state index contributed by atoms with van der Waals surface area (Å²) in [5.41, 5.74) is 1.16. The number of hydrogen-bond donors (Lipinski definition) is 1. The Balaban J connectivity index is 1.61. The van der Waals surface area contributed by atoms with E-state index in [9.17, 15) is 0 Å². The molecule has 1 saturated carbocycles. The molecule has 0 atom stereocenters. The molecule has 20 heavy (non-hydrogen) atoms. The van der Waals surface area contributed by atoms with E-state index in [4.69, 9.17) is 0 Å². The van der Waals surface area contributed by atoms with Crippen molar-refractivity contribution in [3.8, 4) is 0 Å². The van der Waals surface area contributed by atoms with E-state index in [1.165, 1.54) is 55.7 Å². The van der Waals surface area contributed by atoms with Gasteiger partial charge in [-0.2, -0.15) is 4.37 Å². The number of nitrogens with zero attached hydrogens (tertiary/aromatic N) is 2. The van der Waals surface area contributed by atoms with E-state index in [2.05, 4.69) is 38.9 Å². The van der Waals surface area contributed by atoms with Crippen molar-refractivity contribution in [2.24, 2.45) is 5.92 Å². The molecule has 2 fully saturated rings. The van der Waals surface area contributed by atoms with Gasteiger partial charge < -0.3 is 10.2 Å². The molecule has 2 aliphatic rings. The summed E-state index contributed by atoms with van der Waals surface area (Å²) in [5, 5.41) is 6.22. The monoisotopic (exact) mass is 287 g/mol. The van der Waals surface area contributed by atoms with E-state index >= 15 is 0 Å². The van der Waals surface area contributed by atoms with Gasteiger partial charge >= 0.3 is 0 Å². The van der Waals surface area contributed by atoms with Crippen LogP contribution in [-0.4, -0.2) is 30.0 Å². The molecule has 106 valence electrons. The van der Waals surface area contributed by atoms with Crippen LogP contribution in [0.4, 0.5) is 5.00 Å². The van der Waals surface area contributed by atoms with Crippen LogP contribution in [0, 0.1) is 5.92 Å². The highest BCUT2D eigenvalue weighted by molar-refractivity contribution is 7.11. The highest BCUT2D eigenvalue weighted by Crippen LogP contribution is 2.39. The second kappa shape index (κ2) is 5.34. The fourth-order valence-electron chi connectivity index (χ4n) is 3.21. The molecule has 1 aromatic carbocycles. The van der Waals surface area contributed by atoms with Crippen molar-refractivity contribution in [2.45, 2.75) is 31.7 Å². The van der Waals surface area contributed by atoms with Crippen molar-refractivity contribution in [1.29, 1.82) is 0 Å². The normalized spacial score (nSPS) is 20.4. The van der Waals surface area contributed by atoms with Crippen LogP contribution >= 0.6 is 11.5 Å². The number of hydrogen-bond acceptors (Lipinski definition) is 4. The number of anilines is 1. The summed E-state index contributed by atoms with van der Waals surface area (Å²) in [5.74, 6) is 0.845. The minimum atomic E-state index is 0.772. The molecule has 1 aromatic heterocycles. The van der Waals surface area contributed by atoms with Gasteiger partial charge in [0.1, 0.15) is 5.00 Å². The number of aromatic nitrogens is 1. The molecule has 2 aromatic rings. The highest BCUT2D eigenvalue weighted by atomic mass is 32.1. The molecule has 4 heteroatoms. The molecule has 0 unspecified atom stereocenters. The van der Waals surface area contributed by atoms with E-state index in [1.807, 2.05) is 0 Å². The average Bonchev–Trinajstić information content (AvgIpc) is 3.25. The number of nitrogens with one attached hydrogen (secondary N) is 1. The second-order valence-corrected chi connectivity index (χ2v) is 6.83. The summed E-state index contributed by atoms with van der Waals surface area (Å²) < 4.78 is 4.63. The summed E-state index contributed by atoms with van der Waals surface area (Å²) >= 11 is 1.69. The smallest absolute Gasteiger partial charge is 0.120 e. The first-order valence-corrected chi connectivity index (χ1v) is 8.51. The van der Waals surface area contributed by atoms with Crippen LogP contribution in [0.25, 0.3) is 10.9 Å². The van der Waals surface area contributed by atoms with Crippen molar-refractivity contribution >= 4 is 27.4 Å². The molecule has 0 spiro atoms. The van der Waals surface area contributed by atoms with Crippen molar-refractivity contribution in [1.82, 2.24) is 9.69 Å². The Bertz CT molecular complexity index is 584. The van der Waals surface area contributed by atoms with Crippen molar-refractivity contribution in [3.63, 3.8) is 0 Å². The molecule has 1 saturated heterocycles. The topological polar surface area (TPSA) is 28.2 Å². The number of rotatable bonds is 4. The van der Waals surface area contributed by atoms with Gasteiger partial charge in [-0.25, -0.2) is 0 Å². The van der Waals surface area contributed by atoms with Gasteiger partial charge in [0.05, 0.1) is 5.52 Å². The number of piperidine rings is 1. The molecule has 0 amide bonds. The Morgan fingerprint density at radius 1 is 1.15 bits per heavy atom. The summed E-state index contributed by atoms with van der Waals surface area (Å²) in [6.45, 7) is 3.59. The fraction of sp³-hybridized carbons (Fsp3) is 0.562. The molecule has 0 radical (unpaired) electrons. The van der Waals surface area contributed by atoms with Crippen molar-refractivity contribution in [3.05, 3.63) is 24.3 Å². The lowest BCUT2D eigenvalue weighted by atomic mass is 9.97. The van der Waals surface area contributed by atoms with Crippen LogP contribution in [0.3, 0.4) is 0 Å². The highest BCUT2D eigenvalue weighted by Gasteiger charge is 2.33. The molecular formula is C16H21N3S. The van der Waals surface area contributed by atoms with Crippen molar-refractivity contribution in [2.75, 3.05) is 24.5 Å². The van der Waals surface area contributed by atoms with Crippen molar-refractivity contribution < 1.29 is 0 Å². The maximum absolute atomic E-state index is 4.63. The van der Waals surface area contributed by atoms with Gasteiger partial charge in [0.2, 0.25) is 0 Å². The van der Waals surface area contributed by atoms with Crippen LogP contribution in [0.1, 0.15) is 25.7 Å². The Labute approximate surface area is 124 Å². The third kappa shape index (κ3) is 2.42. The van der Waals surface area contributed by atoms with E-state index < -0.39 is 0 Å². The average molecular weight is 287 g/mol. The van der Waals surface area contributed by atoms with Gasteiger partial charge in [-0.1, -0.05) is 12.1 Å². The van der Waals surface area contributed by atoms with E-state index in [-0.39, 0.29) is 0 Å². The lowest BCUT2D eigenvalue weighted by Gasteiger charge is -2.30. The second-order valence-electron chi connectivity index (χ2n) is 6.08. The standard InChI is InChI=1S/C16H21N3S/c1-2-4-15-14(3-1)16(20-18-15)19(13-5-6-13)11-12-7-9-17-10-8-12/h1-4,12-13,17H,5-11H2. The minimum absolute atomic E-state index is 0.772. The lowest BCUT2D eigenvalue weighted by Crippen LogP contribution is -2.37. The van der Waals surface area contributed by atoms with Gasteiger partial charge in [0.15, 0.2) is 0 Å². The lowest BCUT2D eigenvalue weighted by molar-refractivity contribution is 0.373. The maximum Gasteiger partial charge on any atom is 0.120 e.